The highest BCUT2D eigenvalue weighted by Gasteiger charge is 2.19. The van der Waals surface area contributed by atoms with Crippen LogP contribution in [-0.4, -0.2) is 23.6 Å². The Kier molecular flexibility index (Phi) is 6.38. The van der Waals surface area contributed by atoms with Crippen LogP contribution in [0.25, 0.3) is 0 Å². The van der Waals surface area contributed by atoms with E-state index in [1.165, 1.54) is 0 Å². The molecule has 142 valence electrons. The van der Waals surface area contributed by atoms with Crippen molar-refractivity contribution in [2.75, 3.05) is 11.9 Å². The Labute approximate surface area is 162 Å². The van der Waals surface area contributed by atoms with Crippen LogP contribution >= 0.6 is 0 Å². The van der Waals surface area contributed by atoms with E-state index in [2.05, 4.69) is 5.32 Å². The van der Waals surface area contributed by atoms with Crippen molar-refractivity contribution in [3.8, 4) is 11.5 Å². The number of aliphatic hydroxyl groups is 1. The average molecular weight is 377 g/mol. The van der Waals surface area contributed by atoms with E-state index in [9.17, 15) is 14.7 Å². The molecule has 2 N–H and O–H groups in total. The molecular formula is C22H19NO5. The van der Waals surface area contributed by atoms with Crippen molar-refractivity contribution in [2.45, 2.75) is 6.10 Å². The molecule has 1 amide bonds. The molecule has 1 atom stereocenters. The van der Waals surface area contributed by atoms with Gasteiger partial charge >= 0.3 is 5.97 Å². The van der Waals surface area contributed by atoms with E-state index in [0.29, 0.717) is 22.7 Å². The summed E-state index contributed by atoms with van der Waals surface area (Å²) < 4.78 is 10.5. The molecule has 6 heteroatoms. The summed E-state index contributed by atoms with van der Waals surface area (Å²) in [5.74, 6) is -0.0527. The van der Waals surface area contributed by atoms with Gasteiger partial charge < -0.3 is 19.9 Å². The second kappa shape index (κ2) is 9.34. The molecule has 0 aromatic heterocycles. The molecule has 0 saturated carbocycles. The van der Waals surface area contributed by atoms with E-state index in [1.807, 2.05) is 30.3 Å². The van der Waals surface area contributed by atoms with E-state index >= 15 is 0 Å². The van der Waals surface area contributed by atoms with Crippen LogP contribution in [-0.2, 0) is 14.3 Å². The number of amides is 1. The summed E-state index contributed by atoms with van der Waals surface area (Å²) >= 11 is 0. The summed E-state index contributed by atoms with van der Waals surface area (Å²) in [6.45, 7) is -0.495. The Hall–Kier alpha value is -3.64. The number of ether oxygens (including phenoxy) is 2. The molecule has 0 aliphatic heterocycles. The van der Waals surface area contributed by atoms with Crippen LogP contribution in [0.15, 0.2) is 84.9 Å². The number of nitrogens with one attached hydrogen (secondary N) is 1. The van der Waals surface area contributed by atoms with Crippen LogP contribution in [0.4, 0.5) is 5.69 Å². The Balaban J connectivity index is 1.47. The van der Waals surface area contributed by atoms with E-state index in [-0.39, 0.29) is 0 Å². The molecule has 3 aromatic carbocycles. The van der Waals surface area contributed by atoms with E-state index in [4.69, 9.17) is 9.47 Å². The molecule has 6 nitrogen and oxygen atoms in total. The van der Waals surface area contributed by atoms with Gasteiger partial charge in [-0.25, -0.2) is 4.79 Å². The van der Waals surface area contributed by atoms with Gasteiger partial charge in [-0.3, -0.25) is 4.79 Å². The first-order valence-corrected chi connectivity index (χ1v) is 8.64. The number of hydrogen-bond acceptors (Lipinski definition) is 5. The van der Waals surface area contributed by atoms with Crippen molar-refractivity contribution in [3.63, 3.8) is 0 Å². The minimum atomic E-state index is -1.43. The fourth-order valence-electron chi connectivity index (χ4n) is 2.42. The zero-order valence-electron chi connectivity index (χ0n) is 14.9. The van der Waals surface area contributed by atoms with Crippen molar-refractivity contribution in [1.29, 1.82) is 0 Å². The summed E-state index contributed by atoms with van der Waals surface area (Å²) in [7, 11) is 0. The lowest BCUT2D eigenvalue weighted by molar-refractivity contribution is -0.156. The summed E-state index contributed by atoms with van der Waals surface area (Å²) in [5, 5.41) is 12.5. The third-order valence-electron chi connectivity index (χ3n) is 3.80. The average Bonchev–Trinajstić information content (AvgIpc) is 2.74. The number of para-hydroxylation sites is 1. The predicted molar refractivity (Wildman–Crippen MR) is 104 cm³/mol. The van der Waals surface area contributed by atoms with Gasteiger partial charge in [-0.2, -0.15) is 0 Å². The monoisotopic (exact) mass is 377 g/mol. The van der Waals surface area contributed by atoms with Gasteiger partial charge in [0.25, 0.3) is 5.91 Å². The first kappa shape index (κ1) is 19.1. The minimum Gasteiger partial charge on any atom is -0.457 e. The molecule has 3 aromatic rings. The Morgan fingerprint density at radius 3 is 2.04 bits per heavy atom. The normalized spacial score (nSPS) is 11.3. The molecule has 0 bridgehead atoms. The molecular weight excluding hydrogens is 358 g/mol. The minimum absolute atomic E-state index is 0.405. The Morgan fingerprint density at radius 2 is 1.39 bits per heavy atom. The van der Waals surface area contributed by atoms with Crippen LogP contribution in [0.1, 0.15) is 11.7 Å². The Bertz CT molecular complexity index is 911. The summed E-state index contributed by atoms with van der Waals surface area (Å²) in [5.41, 5.74) is 0.937. The van der Waals surface area contributed by atoms with Gasteiger partial charge in [0.1, 0.15) is 11.5 Å². The topological polar surface area (TPSA) is 84.9 Å². The molecule has 0 heterocycles. The van der Waals surface area contributed by atoms with Crippen LogP contribution in [0.5, 0.6) is 11.5 Å². The molecule has 0 aliphatic rings. The van der Waals surface area contributed by atoms with Crippen molar-refractivity contribution in [2.24, 2.45) is 0 Å². The molecule has 0 fully saturated rings. The summed E-state index contributed by atoms with van der Waals surface area (Å²) in [6.07, 6.45) is -1.43. The molecule has 0 unspecified atom stereocenters. The van der Waals surface area contributed by atoms with Crippen LogP contribution in [0.3, 0.4) is 0 Å². The maximum Gasteiger partial charge on any atom is 0.340 e. The number of anilines is 1. The van der Waals surface area contributed by atoms with Crippen LogP contribution < -0.4 is 10.1 Å². The van der Waals surface area contributed by atoms with Crippen molar-refractivity contribution < 1.29 is 24.2 Å². The third kappa shape index (κ3) is 5.43. The molecule has 0 saturated heterocycles. The van der Waals surface area contributed by atoms with Gasteiger partial charge in [-0.15, -0.1) is 0 Å². The quantitative estimate of drug-likeness (QED) is 0.614. The first-order chi connectivity index (χ1) is 13.6. The van der Waals surface area contributed by atoms with Gasteiger partial charge in [0.15, 0.2) is 12.7 Å². The van der Waals surface area contributed by atoms with Crippen molar-refractivity contribution in [3.05, 3.63) is 90.5 Å². The Morgan fingerprint density at radius 1 is 0.821 bits per heavy atom. The van der Waals surface area contributed by atoms with E-state index < -0.39 is 24.6 Å². The van der Waals surface area contributed by atoms with Crippen LogP contribution in [0, 0.1) is 0 Å². The number of rotatable bonds is 7. The summed E-state index contributed by atoms with van der Waals surface area (Å²) in [6, 6.07) is 24.5. The zero-order chi connectivity index (χ0) is 19.8. The van der Waals surface area contributed by atoms with Gasteiger partial charge in [-0.05, 0) is 42.0 Å². The third-order valence-corrected chi connectivity index (χ3v) is 3.80. The molecule has 0 spiro atoms. The highest BCUT2D eigenvalue weighted by molar-refractivity contribution is 5.93. The van der Waals surface area contributed by atoms with Gasteiger partial charge in [0, 0.05) is 5.69 Å². The van der Waals surface area contributed by atoms with Gasteiger partial charge in [0.2, 0.25) is 0 Å². The SMILES string of the molecule is O=C(COC(=O)[C@@H](O)c1ccccc1)Nc1ccc(Oc2ccccc2)cc1. The first-order valence-electron chi connectivity index (χ1n) is 8.64. The standard InChI is InChI=1S/C22H19NO5/c24-20(15-27-22(26)21(25)16-7-3-1-4-8-16)23-17-11-13-19(14-12-17)28-18-9-5-2-6-10-18/h1-14,21,25H,15H2,(H,23,24)/t21-/m0/s1. The highest BCUT2D eigenvalue weighted by atomic mass is 16.5. The van der Waals surface area contributed by atoms with Gasteiger partial charge in [0.05, 0.1) is 0 Å². The lowest BCUT2D eigenvalue weighted by atomic mass is 10.1. The zero-order valence-corrected chi connectivity index (χ0v) is 14.9. The number of aliphatic hydroxyl groups excluding tert-OH is 1. The number of esters is 1. The number of hydrogen-bond donors (Lipinski definition) is 2. The van der Waals surface area contributed by atoms with Crippen molar-refractivity contribution in [1.82, 2.24) is 0 Å². The molecule has 3 rings (SSSR count). The number of carbonyl (C=O) groups is 2. The fraction of sp³-hybridized carbons (Fsp3) is 0.0909. The summed E-state index contributed by atoms with van der Waals surface area (Å²) in [4.78, 5) is 23.8. The maximum atomic E-state index is 12.0. The molecule has 0 aliphatic carbocycles. The fourth-order valence-corrected chi connectivity index (χ4v) is 2.42. The number of carbonyl (C=O) groups excluding carboxylic acids is 2. The molecule has 28 heavy (non-hydrogen) atoms. The highest BCUT2D eigenvalue weighted by Crippen LogP contribution is 2.22. The van der Waals surface area contributed by atoms with E-state index in [0.717, 1.165) is 0 Å². The lowest BCUT2D eigenvalue weighted by Crippen LogP contribution is -2.23. The van der Waals surface area contributed by atoms with Crippen molar-refractivity contribution >= 4 is 17.6 Å². The van der Waals surface area contributed by atoms with Gasteiger partial charge in [-0.1, -0.05) is 48.5 Å². The predicted octanol–water partition coefficient (Wildman–Crippen LogP) is 3.69. The van der Waals surface area contributed by atoms with E-state index in [1.54, 1.807) is 54.6 Å². The second-order valence-corrected chi connectivity index (χ2v) is 5.91. The second-order valence-electron chi connectivity index (χ2n) is 5.91. The van der Waals surface area contributed by atoms with Crippen LogP contribution in [0.2, 0.25) is 0 Å². The lowest BCUT2D eigenvalue weighted by Gasteiger charge is -2.11. The maximum absolute atomic E-state index is 12.0. The smallest absolute Gasteiger partial charge is 0.340 e. The molecule has 0 radical (unpaired) electrons. The number of benzene rings is 3. The largest absolute Gasteiger partial charge is 0.457 e.